The zero-order chi connectivity index (χ0) is 9.52. The summed E-state index contributed by atoms with van der Waals surface area (Å²) in [5.74, 6) is 0. The molecular formula is C11H16N2. The molecule has 0 amide bonds. The first-order chi connectivity index (χ1) is 6.33. The minimum Gasteiger partial charge on any atom is -0.312 e. The van der Waals surface area contributed by atoms with Crippen molar-refractivity contribution in [1.82, 2.24) is 10.3 Å². The number of pyridine rings is 1. The Hall–Kier alpha value is -1.15. The number of aromatic nitrogens is 1. The second kappa shape index (κ2) is 5.49. The van der Waals surface area contributed by atoms with Crippen LogP contribution >= 0.6 is 0 Å². The minimum absolute atomic E-state index is 0.890. The Kier molecular flexibility index (Phi) is 4.19. The largest absolute Gasteiger partial charge is 0.312 e. The van der Waals surface area contributed by atoms with E-state index < -0.39 is 0 Å². The molecule has 70 valence electrons. The van der Waals surface area contributed by atoms with Crippen molar-refractivity contribution < 1.29 is 0 Å². The molecule has 0 aliphatic heterocycles. The van der Waals surface area contributed by atoms with Crippen molar-refractivity contribution in [2.75, 3.05) is 6.54 Å². The third kappa shape index (κ3) is 3.85. The van der Waals surface area contributed by atoms with Crippen LogP contribution in [0.25, 0.3) is 0 Å². The number of nitrogens with zero attached hydrogens (tertiary/aromatic N) is 1. The van der Waals surface area contributed by atoms with E-state index >= 15 is 0 Å². The summed E-state index contributed by atoms with van der Waals surface area (Å²) in [6.45, 7) is 7.53. The molecule has 0 spiro atoms. The molecule has 1 aromatic heterocycles. The predicted octanol–water partition coefficient (Wildman–Crippen LogP) is 2.06. The number of nitrogens with one attached hydrogen (secondary N) is 1. The summed E-state index contributed by atoms with van der Waals surface area (Å²) in [4.78, 5) is 4.22. The van der Waals surface area contributed by atoms with Crippen molar-refractivity contribution in [3.8, 4) is 0 Å². The van der Waals surface area contributed by atoms with E-state index in [0.717, 1.165) is 25.2 Å². The lowest BCUT2D eigenvalue weighted by atomic mass is 10.2. The van der Waals surface area contributed by atoms with E-state index in [1.54, 1.807) is 0 Å². The maximum Gasteiger partial charge on any atom is 0.0372 e. The molecule has 0 aliphatic carbocycles. The quantitative estimate of drug-likeness (QED) is 0.548. The van der Waals surface area contributed by atoms with Crippen LogP contribution in [0.3, 0.4) is 0 Å². The average molecular weight is 176 g/mol. The summed E-state index contributed by atoms with van der Waals surface area (Å²) < 4.78 is 0. The Bertz CT molecular complexity index is 251. The van der Waals surface area contributed by atoms with Gasteiger partial charge >= 0.3 is 0 Å². The van der Waals surface area contributed by atoms with Gasteiger partial charge in [-0.2, -0.15) is 0 Å². The van der Waals surface area contributed by atoms with Crippen molar-refractivity contribution in [2.45, 2.75) is 19.9 Å². The van der Waals surface area contributed by atoms with Gasteiger partial charge in [0.15, 0.2) is 0 Å². The molecule has 1 heterocycles. The van der Waals surface area contributed by atoms with Crippen LogP contribution in [0, 0.1) is 6.92 Å². The lowest BCUT2D eigenvalue weighted by molar-refractivity contribution is 0.693. The molecule has 0 radical (unpaired) electrons. The van der Waals surface area contributed by atoms with E-state index in [1.165, 1.54) is 5.56 Å². The topological polar surface area (TPSA) is 24.9 Å². The van der Waals surface area contributed by atoms with Crippen LogP contribution < -0.4 is 5.32 Å². The van der Waals surface area contributed by atoms with E-state index in [1.807, 2.05) is 25.3 Å². The summed E-state index contributed by atoms with van der Waals surface area (Å²) in [7, 11) is 0. The van der Waals surface area contributed by atoms with Crippen LogP contribution in [0.1, 0.15) is 17.7 Å². The molecule has 0 bridgehead atoms. The van der Waals surface area contributed by atoms with Crippen LogP contribution in [0.2, 0.25) is 0 Å². The standard InChI is InChI=1S/C11H16N2/c1-3-4-7-12-8-11-6-5-10(2)13-9-11/h3,5-6,9,12H,1,4,7-8H2,2H3. The van der Waals surface area contributed by atoms with Gasteiger partial charge < -0.3 is 5.32 Å². The smallest absolute Gasteiger partial charge is 0.0372 e. The summed E-state index contributed by atoms with van der Waals surface area (Å²) in [6.07, 6.45) is 4.84. The summed E-state index contributed by atoms with van der Waals surface area (Å²) in [5, 5.41) is 3.31. The monoisotopic (exact) mass is 176 g/mol. The van der Waals surface area contributed by atoms with E-state index in [2.05, 4.69) is 22.9 Å². The maximum atomic E-state index is 4.22. The Morgan fingerprint density at radius 1 is 1.54 bits per heavy atom. The fourth-order valence-electron chi connectivity index (χ4n) is 1.04. The third-order valence-corrected chi connectivity index (χ3v) is 1.83. The number of hydrogen-bond acceptors (Lipinski definition) is 2. The Labute approximate surface area is 79.7 Å². The van der Waals surface area contributed by atoms with E-state index in [0.29, 0.717) is 0 Å². The molecule has 1 aromatic rings. The number of rotatable bonds is 5. The fraction of sp³-hybridized carbons (Fsp3) is 0.364. The first kappa shape index (κ1) is 9.93. The van der Waals surface area contributed by atoms with Crippen LogP contribution in [0.15, 0.2) is 31.0 Å². The first-order valence-corrected chi connectivity index (χ1v) is 4.56. The van der Waals surface area contributed by atoms with Crippen molar-refractivity contribution >= 4 is 0 Å². The van der Waals surface area contributed by atoms with Crippen LogP contribution in [-0.4, -0.2) is 11.5 Å². The molecule has 0 aliphatic rings. The van der Waals surface area contributed by atoms with Crippen LogP contribution in [0.5, 0.6) is 0 Å². The van der Waals surface area contributed by atoms with Gasteiger partial charge in [-0.05, 0) is 31.5 Å². The molecule has 1 N–H and O–H groups in total. The number of hydrogen-bond donors (Lipinski definition) is 1. The number of aryl methyl sites for hydroxylation is 1. The third-order valence-electron chi connectivity index (χ3n) is 1.83. The zero-order valence-electron chi connectivity index (χ0n) is 8.09. The highest BCUT2D eigenvalue weighted by atomic mass is 14.8. The van der Waals surface area contributed by atoms with Crippen LogP contribution in [0.4, 0.5) is 0 Å². The maximum absolute atomic E-state index is 4.22. The first-order valence-electron chi connectivity index (χ1n) is 4.56. The van der Waals surface area contributed by atoms with Crippen molar-refractivity contribution in [3.63, 3.8) is 0 Å². The van der Waals surface area contributed by atoms with Gasteiger partial charge in [0.1, 0.15) is 0 Å². The van der Waals surface area contributed by atoms with E-state index in [-0.39, 0.29) is 0 Å². The summed E-state index contributed by atoms with van der Waals surface area (Å²) in [6, 6.07) is 4.13. The molecule has 2 nitrogen and oxygen atoms in total. The van der Waals surface area contributed by atoms with Crippen LogP contribution in [-0.2, 0) is 6.54 Å². The zero-order valence-corrected chi connectivity index (χ0v) is 8.09. The molecule has 1 rings (SSSR count). The average Bonchev–Trinajstić information content (AvgIpc) is 2.15. The molecule has 0 unspecified atom stereocenters. The normalized spacial score (nSPS) is 9.92. The Morgan fingerprint density at radius 2 is 2.38 bits per heavy atom. The molecule has 0 atom stereocenters. The van der Waals surface area contributed by atoms with Gasteiger partial charge in [0, 0.05) is 18.4 Å². The Balaban J connectivity index is 2.28. The molecule has 0 aromatic carbocycles. The minimum atomic E-state index is 0.890. The van der Waals surface area contributed by atoms with Gasteiger partial charge in [-0.15, -0.1) is 6.58 Å². The van der Waals surface area contributed by atoms with Gasteiger partial charge in [0.05, 0.1) is 0 Å². The van der Waals surface area contributed by atoms with Gasteiger partial charge in [-0.25, -0.2) is 0 Å². The highest BCUT2D eigenvalue weighted by Gasteiger charge is 1.91. The molecule has 13 heavy (non-hydrogen) atoms. The summed E-state index contributed by atoms with van der Waals surface area (Å²) >= 11 is 0. The van der Waals surface area contributed by atoms with E-state index in [9.17, 15) is 0 Å². The highest BCUT2D eigenvalue weighted by molar-refractivity contribution is 5.12. The highest BCUT2D eigenvalue weighted by Crippen LogP contribution is 1.98. The molecule has 0 saturated heterocycles. The van der Waals surface area contributed by atoms with Gasteiger partial charge in [-0.3, -0.25) is 4.98 Å². The molecule has 0 fully saturated rings. The summed E-state index contributed by atoms with van der Waals surface area (Å²) in [5.41, 5.74) is 2.30. The van der Waals surface area contributed by atoms with Crippen molar-refractivity contribution in [2.24, 2.45) is 0 Å². The molecule has 2 heteroatoms. The van der Waals surface area contributed by atoms with Gasteiger partial charge in [-0.1, -0.05) is 12.1 Å². The SMILES string of the molecule is C=CCCNCc1ccc(C)nc1. The second-order valence-electron chi connectivity index (χ2n) is 3.06. The second-order valence-corrected chi connectivity index (χ2v) is 3.06. The van der Waals surface area contributed by atoms with E-state index in [4.69, 9.17) is 0 Å². The van der Waals surface area contributed by atoms with Gasteiger partial charge in [0.2, 0.25) is 0 Å². The molecule has 0 saturated carbocycles. The lowest BCUT2D eigenvalue weighted by Gasteiger charge is -2.02. The van der Waals surface area contributed by atoms with Crippen molar-refractivity contribution in [1.29, 1.82) is 0 Å². The molecular weight excluding hydrogens is 160 g/mol. The predicted molar refractivity (Wildman–Crippen MR) is 55.5 cm³/mol. The van der Waals surface area contributed by atoms with Crippen molar-refractivity contribution in [3.05, 3.63) is 42.2 Å². The fourth-order valence-corrected chi connectivity index (χ4v) is 1.04. The Morgan fingerprint density at radius 3 is 3.00 bits per heavy atom. The lowest BCUT2D eigenvalue weighted by Crippen LogP contribution is -2.14. The van der Waals surface area contributed by atoms with Gasteiger partial charge in [0.25, 0.3) is 0 Å².